The molecular weight excluding hydrogens is 1630 g/mol. The smallest absolute Gasteiger partial charge is 0.423 e. The minimum absolute atomic E-state index is 0. The Balaban J connectivity index is 0.000000314. The summed E-state index contributed by atoms with van der Waals surface area (Å²) in [7, 11) is 1.26. The van der Waals surface area contributed by atoms with Gasteiger partial charge in [-0.1, -0.05) is 178 Å². The average molecular weight is 1750 g/mol. The van der Waals surface area contributed by atoms with Crippen LogP contribution in [-0.4, -0.2) is 92.9 Å². The monoisotopic (exact) mass is 1750 g/mol. The molecule has 0 amide bonds. The Morgan fingerprint density at radius 1 is 0.279 bits per heavy atom. The minimum Gasteiger partial charge on any atom is -0.423 e. The number of rotatable bonds is 13. The molecule has 0 aliphatic heterocycles. The van der Waals surface area contributed by atoms with Crippen LogP contribution in [0, 0.1) is 158 Å². The number of halogens is 4. The summed E-state index contributed by atoms with van der Waals surface area (Å²) in [6, 6.07) is 60.1. The van der Waals surface area contributed by atoms with Crippen LogP contribution >= 0.6 is 50.7 Å². The zero-order chi connectivity index (χ0) is 89.9. The van der Waals surface area contributed by atoms with Crippen LogP contribution in [0.15, 0.2) is 174 Å². The maximum atomic E-state index is 9.36. The van der Waals surface area contributed by atoms with Gasteiger partial charge in [0, 0.05) is 43.9 Å². The van der Waals surface area contributed by atoms with Crippen molar-refractivity contribution in [1.29, 1.82) is 0 Å². The Labute approximate surface area is 764 Å². The fraction of sp³-hybridized carbons (Fsp3) is 0.277. The van der Waals surface area contributed by atoms with E-state index in [2.05, 4.69) is 330 Å². The van der Waals surface area contributed by atoms with Gasteiger partial charge in [0.05, 0.1) is 0 Å². The van der Waals surface area contributed by atoms with Gasteiger partial charge in [0.25, 0.3) is 0 Å². The van der Waals surface area contributed by atoms with E-state index in [1.54, 1.807) is 0 Å². The van der Waals surface area contributed by atoms with Crippen molar-refractivity contribution in [3.05, 3.63) is 318 Å². The molecule has 4 N–H and O–H groups in total. The van der Waals surface area contributed by atoms with Gasteiger partial charge < -0.3 is 40.0 Å². The van der Waals surface area contributed by atoms with Crippen LogP contribution in [0.1, 0.15) is 145 Å². The second-order valence-corrected chi connectivity index (χ2v) is 33.6. The van der Waals surface area contributed by atoms with Crippen molar-refractivity contribution in [1.82, 2.24) is 29.9 Å². The summed E-state index contributed by atoms with van der Waals surface area (Å²) in [6.07, 6.45) is 0. The molecule has 0 saturated carbocycles. The first kappa shape index (κ1) is 102. The topological polar surface area (TPSA) is 186 Å². The van der Waals surface area contributed by atoms with Crippen molar-refractivity contribution in [2.75, 3.05) is 21.3 Å². The standard InChI is InChI=1S/C51H51N3.C16H19BO2.C16H17Br.C8H11BO2.C4H9.C3H9BO3.C3Cl3N3.Li.H2/c1-28-16-13-17-29(2)46(28)40-22-37(10)43(25-34(40)7)49-52-50(44-26-35(8)41(23-38(44)11)47-30(3)18-14-19-31(47)4)54-51(53-49)45-27-36(9)42(24-39(45)12)48-32(5)20-15-21-33(48)6;1-10-6-5-7-11(2)16(10)14-8-13(4)15(17(18)19)9-12(14)3;1-10-6-5-7-11(2)16(10)14-8-13(4)15(17)9-12(14)3;1-6-4-3-5-7(2)8(6)9(10)11;1-4(2)3;1-5-4(6-2)7-3;4-1-7-2(5)9-3(6)8-1;;/h13-27H,1-12H3;5-9,18-19H,1-4H3;5-9H,1-4H3;3-5,10-11H,1-2H3;1-3H3;1-3H3;;;1H/q;;;;-1;;;+1;. The molecule has 13 rings (SSSR count). The molecule has 0 aliphatic carbocycles. The van der Waals surface area contributed by atoms with Crippen molar-refractivity contribution in [3.63, 3.8) is 0 Å². The van der Waals surface area contributed by atoms with Gasteiger partial charge in [0.1, 0.15) is 0 Å². The van der Waals surface area contributed by atoms with Gasteiger partial charge in [-0.15, -0.1) is 0 Å². The van der Waals surface area contributed by atoms with Crippen molar-refractivity contribution >= 4 is 83.2 Å². The van der Waals surface area contributed by atoms with Gasteiger partial charge in [-0.3, -0.25) is 0 Å². The largest absolute Gasteiger partial charge is 1.00 e. The molecule has 13 aromatic rings. The number of aromatic nitrogens is 6. The normalized spacial score (nSPS) is 10.6. The SMILES string of the molecule is COB(OC)OC.C[C-](C)C.Cc1cc(-c2c(C)cccc2C)c(C)cc1-c1nc(-c2cc(C)c(-c3c(C)cccc3C)cc2C)nc(-c2cc(C)c(-c3c(C)cccc3C)cc2C)n1.Cc1cc(-c2c(C)cccc2C)c(C)cc1B(O)O.Cc1cc(-c2c(C)cccc2C)c(C)cc1Br.Cc1cccc(C)c1B(O)O.Clc1nc(Cl)nc(Cl)n1.[HH].[Li+]. The molecule has 0 aliphatic rings. The molecule has 0 unspecified atom stereocenters. The summed E-state index contributed by atoms with van der Waals surface area (Å²) in [5.41, 5.74) is 43.3. The zero-order valence-electron chi connectivity index (χ0n) is 76.6. The first-order chi connectivity index (χ1) is 57.0. The van der Waals surface area contributed by atoms with E-state index in [0.717, 1.165) is 61.2 Å². The maximum absolute atomic E-state index is 9.36. The Hall–Kier alpha value is -8.70. The van der Waals surface area contributed by atoms with E-state index in [1.807, 2.05) is 58.0 Å². The quantitative estimate of drug-likeness (QED) is 0.0632. The van der Waals surface area contributed by atoms with Crippen LogP contribution < -0.4 is 29.8 Å². The molecule has 2 heterocycles. The van der Waals surface area contributed by atoms with E-state index in [-0.39, 0.29) is 36.1 Å². The van der Waals surface area contributed by atoms with E-state index in [1.165, 1.54) is 165 Å². The van der Waals surface area contributed by atoms with Gasteiger partial charge in [0.15, 0.2) is 17.5 Å². The summed E-state index contributed by atoms with van der Waals surface area (Å²) in [5, 5.41) is 36.6. The molecular formula is C101H118B3BrCl3LiN6O7. The van der Waals surface area contributed by atoms with Crippen LogP contribution in [-0.2, 0) is 14.0 Å². The first-order valence-corrected chi connectivity index (χ1v) is 42.1. The number of hydrogen-bond acceptors (Lipinski definition) is 13. The third-order valence-electron chi connectivity index (χ3n) is 21.2. The Kier molecular flexibility index (Phi) is 39.2. The molecule has 0 atom stereocenters. The molecule has 0 saturated heterocycles. The summed E-state index contributed by atoms with van der Waals surface area (Å²) in [6.45, 7) is 53.1. The van der Waals surface area contributed by atoms with Crippen molar-refractivity contribution in [2.45, 2.75) is 173 Å². The van der Waals surface area contributed by atoms with Crippen LogP contribution in [0.5, 0.6) is 0 Å². The molecule has 2 aromatic heterocycles. The fourth-order valence-corrected chi connectivity index (χ4v) is 16.2. The number of aryl methyl sites for hydroxylation is 22. The molecule has 122 heavy (non-hydrogen) atoms. The second-order valence-electron chi connectivity index (χ2n) is 31.7. The van der Waals surface area contributed by atoms with E-state index >= 15 is 0 Å². The van der Waals surface area contributed by atoms with Crippen molar-refractivity contribution in [3.8, 4) is 89.8 Å². The molecule has 632 valence electrons. The van der Waals surface area contributed by atoms with Gasteiger partial charge in [-0.2, -0.15) is 35.7 Å². The van der Waals surface area contributed by atoms with Crippen LogP contribution in [0.4, 0.5) is 0 Å². The third-order valence-corrected chi connectivity index (χ3v) is 22.5. The predicted molar refractivity (Wildman–Crippen MR) is 518 cm³/mol. The third kappa shape index (κ3) is 26.7. The summed E-state index contributed by atoms with van der Waals surface area (Å²) in [5.74, 6) is 3.49. The van der Waals surface area contributed by atoms with Crippen LogP contribution in [0.2, 0.25) is 15.9 Å². The van der Waals surface area contributed by atoms with Crippen molar-refractivity contribution in [2.24, 2.45) is 0 Å². The average Bonchev–Trinajstić information content (AvgIpc) is 0.756. The minimum atomic E-state index is -1.41. The second kappa shape index (κ2) is 46.9. The van der Waals surface area contributed by atoms with Crippen LogP contribution in [0.25, 0.3) is 89.8 Å². The summed E-state index contributed by atoms with van der Waals surface area (Å²) >= 11 is 19.5. The van der Waals surface area contributed by atoms with Gasteiger partial charge in [0.2, 0.25) is 15.9 Å². The van der Waals surface area contributed by atoms with E-state index in [0.29, 0.717) is 28.4 Å². The van der Waals surface area contributed by atoms with Gasteiger partial charge in [-0.05, 0) is 384 Å². The Morgan fingerprint density at radius 2 is 0.475 bits per heavy atom. The molecule has 11 aromatic carbocycles. The number of hydrogen-bond donors (Lipinski definition) is 4. The van der Waals surface area contributed by atoms with E-state index in [4.69, 9.17) is 59.8 Å². The predicted octanol–water partition coefficient (Wildman–Crippen LogP) is 21.8. The fourth-order valence-electron chi connectivity index (χ4n) is 15.2. The molecule has 0 fully saturated rings. The molecule has 21 heteroatoms. The van der Waals surface area contributed by atoms with Gasteiger partial charge >= 0.3 is 40.4 Å². The van der Waals surface area contributed by atoms with Crippen LogP contribution in [0.3, 0.4) is 0 Å². The zero-order valence-corrected chi connectivity index (χ0v) is 80.5. The Morgan fingerprint density at radius 3 is 0.689 bits per heavy atom. The number of nitrogens with zero attached hydrogens (tertiary/aromatic N) is 6. The number of benzene rings is 11. The Bertz CT molecular complexity index is 5360. The summed E-state index contributed by atoms with van der Waals surface area (Å²) < 4.78 is 15.0. The summed E-state index contributed by atoms with van der Waals surface area (Å²) in [4.78, 5) is 26.3. The molecule has 0 bridgehead atoms. The molecule has 13 nitrogen and oxygen atoms in total. The van der Waals surface area contributed by atoms with Gasteiger partial charge in [-0.25, -0.2) is 15.0 Å². The molecule has 0 radical (unpaired) electrons. The first-order valence-electron chi connectivity index (χ1n) is 40.2. The van der Waals surface area contributed by atoms with E-state index in [9.17, 15) is 10.0 Å². The van der Waals surface area contributed by atoms with E-state index < -0.39 is 21.6 Å². The van der Waals surface area contributed by atoms with Crippen molar-refractivity contribution < 1.29 is 54.3 Å². The molecule has 0 spiro atoms. The maximum Gasteiger partial charge on any atom is 1.00 e.